The van der Waals surface area contributed by atoms with E-state index in [4.69, 9.17) is 4.74 Å². The van der Waals surface area contributed by atoms with E-state index in [-0.39, 0.29) is 39.7 Å². The minimum atomic E-state index is -0.780. The molecule has 0 amide bonds. The second-order valence-electron chi connectivity index (χ2n) is 14.8. The van der Waals surface area contributed by atoms with E-state index in [1.165, 1.54) is 12.5 Å². The lowest BCUT2D eigenvalue weighted by molar-refractivity contribution is -0.167. The minimum absolute atomic E-state index is 0.0440. The molecule has 0 heterocycles. The van der Waals surface area contributed by atoms with Crippen molar-refractivity contribution in [2.24, 2.45) is 45.3 Å². The lowest BCUT2D eigenvalue weighted by atomic mass is 9.43. The second-order valence-corrected chi connectivity index (χ2v) is 14.8. The molecule has 0 spiro atoms. The number of allylic oxidation sites excluding steroid dienone is 3. The first-order chi connectivity index (χ1) is 17.5. The highest BCUT2D eigenvalue weighted by atomic mass is 16.5. The highest BCUT2D eigenvalue weighted by Gasteiger charge is 2.66. The van der Waals surface area contributed by atoms with E-state index in [2.05, 4.69) is 55.0 Å². The molecule has 0 aromatic rings. The van der Waals surface area contributed by atoms with Crippen LogP contribution < -0.4 is 0 Å². The van der Waals surface area contributed by atoms with Gasteiger partial charge in [-0.05, 0) is 85.9 Å². The van der Waals surface area contributed by atoms with Crippen LogP contribution in [-0.2, 0) is 14.3 Å². The third-order valence-corrected chi connectivity index (χ3v) is 12.4. The lowest BCUT2D eigenvalue weighted by Gasteiger charge is -2.62. The average molecular weight is 529 g/mol. The number of hydrogen-bond donors (Lipinski definition) is 2. The number of rotatable bonds is 7. The Labute approximate surface area is 230 Å². The molecule has 4 rings (SSSR count). The molecule has 0 aromatic heterocycles. The monoisotopic (exact) mass is 528 g/mol. The Hall–Kier alpha value is -1.62. The van der Waals surface area contributed by atoms with Crippen molar-refractivity contribution in [1.29, 1.82) is 0 Å². The molecule has 0 radical (unpaired) electrons. The van der Waals surface area contributed by atoms with E-state index in [1.54, 1.807) is 5.57 Å². The van der Waals surface area contributed by atoms with Gasteiger partial charge in [0, 0.05) is 18.3 Å². The van der Waals surface area contributed by atoms with Crippen LogP contribution >= 0.6 is 0 Å². The first kappa shape index (κ1) is 29.4. The van der Waals surface area contributed by atoms with Crippen LogP contribution in [0, 0.1) is 45.3 Å². The standard InChI is InChI=1S/C33H52O5/c1-19(2)20(3)10-11-22(29(36)37)28-25(35)18-33(9)24-12-13-26-30(5,6)27(38-21(4)34)15-16-31(26,7)23(24)14-17-32(28,33)8/h19,22,25-28,35H,3,10-18H2,1-2,4-9H3,(H,36,37)/t22-,25-,26?,27-,28+,31-,32-,33+/m1/s1. The summed E-state index contributed by atoms with van der Waals surface area (Å²) in [6, 6.07) is 0. The molecule has 0 aliphatic heterocycles. The molecule has 0 bridgehead atoms. The fraction of sp³-hybridized carbons (Fsp3) is 0.818. The van der Waals surface area contributed by atoms with Gasteiger partial charge in [-0.1, -0.05) is 71.8 Å². The first-order valence-electron chi connectivity index (χ1n) is 15.0. The molecule has 214 valence electrons. The van der Waals surface area contributed by atoms with Crippen LogP contribution in [0.2, 0.25) is 0 Å². The maximum atomic E-state index is 12.6. The number of carbonyl (C=O) groups excluding carboxylic acids is 1. The molecule has 0 aromatic carbocycles. The topological polar surface area (TPSA) is 83.8 Å². The molecule has 2 fully saturated rings. The molecule has 4 aliphatic rings. The Balaban J connectivity index is 1.69. The Morgan fingerprint density at radius 3 is 2.29 bits per heavy atom. The molecular weight excluding hydrogens is 476 g/mol. The van der Waals surface area contributed by atoms with Crippen molar-refractivity contribution in [3.05, 3.63) is 23.3 Å². The number of carboxylic acid groups (broad SMARTS) is 1. The van der Waals surface area contributed by atoms with Crippen molar-refractivity contribution in [2.75, 3.05) is 0 Å². The molecule has 2 N–H and O–H groups in total. The van der Waals surface area contributed by atoms with Crippen molar-refractivity contribution in [2.45, 2.75) is 125 Å². The molecule has 5 nitrogen and oxygen atoms in total. The zero-order valence-corrected chi connectivity index (χ0v) is 25.2. The fourth-order valence-electron chi connectivity index (χ4n) is 9.98. The summed E-state index contributed by atoms with van der Waals surface area (Å²) in [5.41, 5.74) is 3.62. The number of carboxylic acids is 1. The molecule has 38 heavy (non-hydrogen) atoms. The van der Waals surface area contributed by atoms with E-state index < -0.39 is 18.0 Å². The Morgan fingerprint density at radius 1 is 1.05 bits per heavy atom. The maximum absolute atomic E-state index is 12.6. The van der Waals surface area contributed by atoms with Crippen LogP contribution in [0.5, 0.6) is 0 Å². The van der Waals surface area contributed by atoms with E-state index in [0.29, 0.717) is 31.1 Å². The summed E-state index contributed by atoms with van der Waals surface area (Å²) >= 11 is 0. The number of aliphatic hydroxyl groups excluding tert-OH is 1. The summed E-state index contributed by atoms with van der Waals surface area (Å²) in [6.07, 6.45) is 6.98. The number of carbonyl (C=O) groups is 2. The van der Waals surface area contributed by atoms with Gasteiger partial charge in [-0.15, -0.1) is 0 Å². The van der Waals surface area contributed by atoms with Gasteiger partial charge in [0.05, 0.1) is 12.0 Å². The van der Waals surface area contributed by atoms with Crippen LogP contribution in [0.1, 0.15) is 113 Å². The van der Waals surface area contributed by atoms with Crippen molar-refractivity contribution in [3.63, 3.8) is 0 Å². The zero-order chi connectivity index (χ0) is 28.4. The highest BCUT2D eigenvalue weighted by Crippen LogP contribution is 2.72. The summed E-state index contributed by atoms with van der Waals surface area (Å²) in [4.78, 5) is 24.5. The van der Waals surface area contributed by atoms with Crippen molar-refractivity contribution in [3.8, 4) is 0 Å². The normalized spacial score (nSPS) is 40.7. The molecule has 2 saturated carbocycles. The van der Waals surface area contributed by atoms with E-state index in [1.807, 2.05) is 0 Å². The Kier molecular flexibility index (Phi) is 7.56. The maximum Gasteiger partial charge on any atom is 0.306 e. The van der Waals surface area contributed by atoms with Gasteiger partial charge in [0.1, 0.15) is 6.10 Å². The predicted molar refractivity (Wildman–Crippen MR) is 150 cm³/mol. The van der Waals surface area contributed by atoms with Gasteiger partial charge in [0.15, 0.2) is 0 Å². The van der Waals surface area contributed by atoms with Crippen molar-refractivity contribution in [1.82, 2.24) is 0 Å². The molecule has 4 aliphatic carbocycles. The Bertz CT molecular complexity index is 1020. The van der Waals surface area contributed by atoms with Crippen molar-refractivity contribution >= 4 is 11.9 Å². The predicted octanol–water partition coefficient (Wildman–Crippen LogP) is 7.33. The Morgan fingerprint density at radius 2 is 1.71 bits per heavy atom. The quantitative estimate of drug-likeness (QED) is 0.267. The number of hydrogen-bond acceptors (Lipinski definition) is 4. The summed E-state index contributed by atoms with van der Waals surface area (Å²) in [6.45, 7) is 21.5. The molecular formula is C33H52O5. The molecule has 1 unspecified atom stereocenters. The van der Waals surface area contributed by atoms with Crippen LogP contribution in [0.15, 0.2) is 23.3 Å². The summed E-state index contributed by atoms with van der Waals surface area (Å²) in [5.74, 6) is -1.05. The van der Waals surface area contributed by atoms with Crippen LogP contribution in [0.4, 0.5) is 0 Å². The van der Waals surface area contributed by atoms with E-state index in [9.17, 15) is 19.8 Å². The smallest absolute Gasteiger partial charge is 0.306 e. The number of esters is 1. The van der Waals surface area contributed by atoms with Gasteiger partial charge < -0.3 is 14.9 Å². The van der Waals surface area contributed by atoms with Crippen molar-refractivity contribution < 1.29 is 24.5 Å². The van der Waals surface area contributed by atoms with Gasteiger partial charge in [-0.2, -0.15) is 0 Å². The van der Waals surface area contributed by atoms with Crippen LogP contribution in [0.3, 0.4) is 0 Å². The van der Waals surface area contributed by atoms with E-state index >= 15 is 0 Å². The first-order valence-corrected chi connectivity index (χ1v) is 15.0. The second kappa shape index (κ2) is 9.78. The fourth-order valence-corrected chi connectivity index (χ4v) is 9.98. The minimum Gasteiger partial charge on any atom is -0.481 e. The third kappa shape index (κ3) is 4.30. The van der Waals surface area contributed by atoms with E-state index in [0.717, 1.165) is 44.1 Å². The van der Waals surface area contributed by atoms with Gasteiger partial charge in [-0.3, -0.25) is 9.59 Å². The summed E-state index contributed by atoms with van der Waals surface area (Å²) < 4.78 is 5.82. The van der Waals surface area contributed by atoms with Gasteiger partial charge >= 0.3 is 11.9 Å². The number of fused-ring (bicyclic) bond motifs is 4. The average Bonchev–Trinajstić information content (AvgIpc) is 3.01. The number of ether oxygens (including phenoxy) is 1. The highest BCUT2D eigenvalue weighted by molar-refractivity contribution is 5.71. The van der Waals surface area contributed by atoms with Crippen LogP contribution in [0.25, 0.3) is 0 Å². The zero-order valence-electron chi connectivity index (χ0n) is 25.2. The third-order valence-electron chi connectivity index (χ3n) is 12.4. The van der Waals surface area contributed by atoms with Gasteiger partial charge in [0.25, 0.3) is 0 Å². The number of aliphatic carboxylic acids is 1. The number of aliphatic hydroxyl groups is 1. The molecule has 8 atom stereocenters. The molecule has 5 heteroatoms. The lowest BCUT2D eigenvalue weighted by Crippen LogP contribution is -2.56. The summed E-state index contributed by atoms with van der Waals surface area (Å²) in [7, 11) is 0. The van der Waals surface area contributed by atoms with Crippen LogP contribution in [-0.4, -0.2) is 34.4 Å². The largest absolute Gasteiger partial charge is 0.481 e. The van der Waals surface area contributed by atoms with Gasteiger partial charge in [-0.25, -0.2) is 0 Å². The molecule has 0 saturated heterocycles. The van der Waals surface area contributed by atoms with Gasteiger partial charge in [0.2, 0.25) is 0 Å². The summed E-state index contributed by atoms with van der Waals surface area (Å²) in [5, 5.41) is 22.0. The SMILES string of the molecule is C=C(CC[C@@H](C(=O)O)[C@H]1[C@H](O)C[C@@]2(C)C3=C(CC[C@]12C)[C@@]1(C)CC[C@@H](OC(C)=O)C(C)(C)C1CC3)C(C)C.